The SMILES string of the molecule is N#Cc1ccc(C(F)F)nc1F. The fourth-order valence-electron chi connectivity index (χ4n) is 0.653. The summed E-state index contributed by atoms with van der Waals surface area (Å²) in [5.74, 6) is -1.16. The second-order valence-electron chi connectivity index (χ2n) is 1.99. The highest BCUT2D eigenvalue weighted by atomic mass is 19.3. The first-order chi connectivity index (χ1) is 5.65. The van der Waals surface area contributed by atoms with Crippen LogP contribution in [0, 0.1) is 17.3 Å². The van der Waals surface area contributed by atoms with Crippen molar-refractivity contribution in [2.24, 2.45) is 0 Å². The van der Waals surface area contributed by atoms with Gasteiger partial charge in [0.15, 0.2) is 0 Å². The summed E-state index contributed by atoms with van der Waals surface area (Å²) in [6.45, 7) is 0. The van der Waals surface area contributed by atoms with Crippen LogP contribution >= 0.6 is 0 Å². The molecule has 62 valence electrons. The van der Waals surface area contributed by atoms with E-state index in [1.165, 1.54) is 6.07 Å². The third kappa shape index (κ3) is 1.53. The summed E-state index contributed by atoms with van der Waals surface area (Å²) in [5.41, 5.74) is -0.995. The van der Waals surface area contributed by atoms with Crippen LogP contribution < -0.4 is 0 Å². The zero-order valence-electron chi connectivity index (χ0n) is 5.76. The molecule has 0 radical (unpaired) electrons. The molecule has 1 aromatic heterocycles. The van der Waals surface area contributed by atoms with E-state index in [9.17, 15) is 13.2 Å². The summed E-state index contributed by atoms with van der Waals surface area (Å²) in [5, 5.41) is 8.23. The molecule has 0 aliphatic heterocycles. The predicted octanol–water partition coefficient (Wildman–Crippen LogP) is 2.03. The Kier molecular flexibility index (Phi) is 2.29. The van der Waals surface area contributed by atoms with Gasteiger partial charge in [0.25, 0.3) is 6.43 Å². The minimum atomic E-state index is -2.81. The van der Waals surface area contributed by atoms with Crippen LogP contribution in [0.1, 0.15) is 17.7 Å². The second kappa shape index (κ2) is 3.22. The lowest BCUT2D eigenvalue weighted by Crippen LogP contribution is -1.95. The van der Waals surface area contributed by atoms with Crippen molar-refractivity contribution in [2.75, 3.05) is 0 Å². The molecule has 5 heteroatoms. The third-order valence-corrected chi connectivity index (χ3v) is 1.21. The van der Waals surface area contributed by atoms with Gasteiger partial charge in [0.2, 0.25) is 5.95 Å². The minimum absolute atomic E-state index is 0.334. The van der Waals surface area contributed by atoms with Crippen LogP contribution in [0.15, 0.2) is 12.1 Å². The molecular formula is C7H3F3N2. The van der Waals surface area contributed by atoms with Gasteiger partial charge < -0.3 is 0 Å². The molecule has 0 aliphatic carbocycles. The van der Waals surface area contributed by atoms with Crippen LogP contribution in [0.5, 0.6) is 0 Å². The molecule has 1 aromatic rings. The number of nitriles is 1. The predicted molar refractivity (Wildman–Crippen MR) is 33.9 cm³/mol. The Bertz CT molecular complexity index is 330. The van der Waals surface area contributed by atoms with E-state index in [-0.39, 0.29) is 5.56 Å². The lowest BCUT2D eigenvalue weighted by Gasteiger charge is -1.97. The van der Waals surface area contributed by atoms with Crippen molar-refractivity contribution in [3.05, 3.63) is 29.3 Å². The first-order valence-corrected chi connectivity index (χ1v) is 3.00. The van der Waals surface area contributed by atoms with Crippen molar-refractivity contribution in [1.29, 1.82) is 5.26 Å². The van der Waals surface area contributed by atoms with E-state index < -0.39 is 18.1 Å². The Labute approximate surface area is 66.3 Å². The van der Waals surface area contributed by atoms with Crippen LogP contribution in [0.4, 0.5) is 13.2 Å². The Balaban J connectivity index is 3.12. The van der Waals surface area contributed by atoms with Gasteiger partial charge in [-0.05, 0) is 12.1 Å². The number of hydrogen-bond acceptors (Lipinski definition) is 2. The van der Waals surface area contributed by atoms with E-state index in [1.54, 1.807) is 0 Å². The van der Waals surface area contributed by atoms with E-state index in [2.05, 4.69) is 4.98 Å². The van der Waals surface area contributed by atoms with Gasteiger partial charge >= 0.3 is 0 Å². The molecule has 0 atom stereocenters. The van der Waals surface area contributed by atoms with Crippen LogP contribution in [-0.2, 0) is 0 Å². The monoisotopic (exact) mass is 172 g/mol. The Morgan fingerprint density at radius 1 is 1.42 bits per heavy atom. The molecule has 0 fully saturated rings. The number of halogens is 3. The van der Waals surface area contributed by atoms with Gasteiger partial charge in [0, 0.05) is 0 Å². The van der Waals surface area contributed by atoms with E-state index in [0.29, 0.717) is 0 Å². The zero-order chi connectivity index (χ0) is 9.14. The topological polar surface area (TPSA) is 36.7 Å². The van der Waals surface area contributed by atoms with Crippen LogP contribution in [0.3, 0.4) is 0 Å². The summed E-state index contributed by atoms with van der Waals surface area (Å²) in [7, 11) is 0. The number of pyridine rings is 1. The van der Waals surface area contributed by atoms with Gasteiger partial charge in [-0.15, -0.1) is 0 Å². The number of hydrogen-bond donors (Lipinski definition) is 0. The maximum Gasteiger partial charge on any atom is 0.280 e. The van der Waals surface area contributed by atoms with Crippen LogP contribution in [-0.4, -0.2) is 4.98 Å². The maximum atomic E-state index is 12.5. The van der Waals surface area contributed by atoms with Crippen molar-refractivity contribution < 1.29 is 13.2 Å². The first-order valence-electron chi connectivity index (χ1n) is 3.00. The van der Waals surface area contributed by atoms with Crippen molar-refractivity contribution in [3.63, 3.8) is 0 Å². The molecule has 0 saturated carbocycles. The molecule has 0 spiro atoms. The van der Waals surface area contributed by atoms with Crippen molar-refractivity contribution in [3.8, 4) is 6.07 Å². The summed E-state index contributed by atoms with van der Waals surface area (Å²) < 4.78 is 36.3. The average molecular weight is 172 g/mol. The highest BCUT2D eigenvalue weighted by Crippen LogP contribution is 2.17. The molecule has 0 unspecified atom stereocenters. The molecule has 12 heavy (non-hydrogen) atoms. The quantitative estimate of drug-likeness (QED) is 0.607. The number of aromatic nitrogens is 1. The standard InChI is InChI=1S/C7H3F3N2/c8-6(9)5-2-1-4(3-11)7(10)12-5/h1-2,6H. The zero-order valence-corrected chi connectivity index (χ0v) is 5.76. The summed E-state index contributed by atoms with van der Waals surface area (Å²) >= 11 is 0. The molecule has 1 rings (SSSR count). The second-order valence-corrected chi connectivity index (χ2v) is 1.99. The van der Waals surface area contributed by atoms with Gasteiger partial charge in [0.05, 0.1) is 0 Å². The molecule has 1 heterocycles. The molecule has 0 N–H and O–H groups in total. The van der Waals surface area contributed by atoms with Gasteiger partial charge in [-0.2, -0.15) is 9.65 Å². The number of alkyl halides is 2. The molecule has 2 nitrogen and oxygen atoms in total. The molecule has 0 aromatic carbocycles. The molecule has 0 bridgehead atoms. The van der Waals surface area contributed by atoms with Gasteiger partial charge in [0.1, 0.15) is 17.3 Å². The molecule has 0 amide bonds. The normalized spacial score (nSPS) is 9.92. The van der Waals surface area contributed by atoms with E-state index >= 15 is 0 Å². The molecule has 0 aliphatic rings. The minimum Gasteiger partial charge on any atom is -0.218 e. The van der Waals surface area contributed by atoms with Gasteiger partial charge in [-0.25, -0.2) is 13.8 Å². The molecular weight excluding hydrogens is 169 g/mol. The highest BCUT2D eigenvalue weighted by Gasteiger charge is 2.11. The van der Waals surface area contributed by atoms with Gasteiger partial charge in [-0.1, -0.05) is 0 Å². The largest absolute Gasteiger partial charge is 0.280 e. The lowest BCUT2D eigenvalue weighted by molar-refractivity contribution is 0.145. The van der Waals surface area contributed by atoms with Crippen molar-refractivity contribution >= 4 is 0 Å². The van der Waals surface area contributed by atoms with Crippen molar-refractivity contribution in [1.82, 2.24) is 4.98 Å². The summed E-state index contributed by atoms with van der Waals surface area (Å²) in [6.07, 6.45) is -2.81. The fraction of sp³-hybridized carbons (Fsp3) is 0.143. The lowest BCUT2D eigenvalue weighted by atomic mass is 10.2. The van der Waals surface area contributed by atoms with Crippen molar-refractivity contribution in [2.45, 2.75) is 6.43 Å². The van der Waals surface area contributed by atoms with E-state index in [4.69, 9.17) is 5.26 Å². The fourth-order valence-corrected chi connectivity index (χ4v) is 0.653. The summed E-state index contributed by atoms with van der Waals surface area (Å²) in [4.78, 5) is 2.90. The van der Waals surface area contributed by atoms with Crippen LogP contribution in [0.25, 0.3) is 0 Å². The average Bonchev–Trinajstić information content (AvgIpc) is 2.04. The number of nitrogens with zero attached hydrogens (tertiary/aromatic N) is 2. The van der Waals surface area contributed by atoms with E-state index in [1.807, 2.05) is 0 Å². The Hall–Kier alpha value is -1.57. The third-order valence-electron chi connectivity index (χ3n) is 1.21. The molecule has 0 saturated heterocycles. The number of rotatable bonds is 1. The summed E-state index contributed by atoms with van der Waals surface area (Å²) in [6, 6.07) is 3.38. The smallest absolute Gasteiger partial charge is 0.218 e. The van der Waals surface area contributed by atoms with Gasteiger partial charge in [-0.3, -0.25) is 0 Å². The maximum absolute atomic E-state index is 12.5. The van der Waals surface area contributed by atoms with Crippen LogP contribution in [0.2, 0.25) is 0 Å². The first kappa shape index (κ1) is 8.53. The van der Waals surface area contributed by atoms with E-state index in [0.717, 1.165) is 12.1 Å². The Morgan fingerprint density at radius 3 is 2.50 bits per heavy atom. The Morgan fingerprint density at radius 2 is 2.08 bits per heavy atom. The highest BCUT2D eigenvalue weighted by molar-refractivity contribution is 5.28.